The van der Waals surface area contributed by atoms with E-state index in [1.165, 1.54) is 14.0 Å². The lowest BCUT2D eigenvalue weighted by Gasteiger charge is -2.25. The Morgan fingerprint density at radius 2 is 2.10 bits per heavy atom. The zero-order valence-corrected chi connectivity index (χ0v) is 12.1. The lowest BCUT2D eigenvalue weighted by molar-refractivity contribution is -0.148. The summed E-state index contributed by atoms with van der Waals surface area (Å²) in [6, 6.07) is -1.26. The molecule has 1 saturated heterocycles. The first-order chi connectivity index (χ1) is 9.90. The fourth-order valence-electron chi connectivity index (χ4n) is 1.81. The first kappa shape index (κ1) is 17.2. The van der Waals surface area contributed by atoms with E-state index in [-0.39, 0.29) is 25.7 Å². The van der Waals surface area contributed by atoms with Crippen molar-refractivity contribution >= 4 is 17.9 Å². The Bertz CT molecular complexity index is 402. The van der Waals surface area contributed by atoms with Gasteiger partial charge in [0.15, 0.2) is 0 Å². The number of aliphatic carboxylic acids is 1. The summed E-state index contributed by atoms with van der Waals surface area (Å²) in [6.07, 6.45) is 0. The molecule has 3 amide bonds. The monoisotopic (exact) mass is 303 g/mol. The fraction of sp³-hybridized carbons (Fsp3) is 0.750. The van der Waals surface area contributed by atoms with E-state index in [0.29, 0.717) is 13.2 Å². The van der Waals surface area contributed by atoms with E-state index in [1.807, 2.05) is 0 Å². The van der Waals surface area contributed by atoms with Gasteiger partial charge in [0.05, 0.1) is 32.4 Å². The second-order valence-corrected chi connectivity index (χ2v) is 4.96. The highest BCUT2D eigenvalue weighted by Gasteiger charge is 2.47. The Morgan fingerprint density at radius 3 is 2.71 bits per heavy atom. The van der Waals surface area contributed by atoms with Gasteiger partial charge >= 0.3 is 12.0 Å². The first-order valence-corrected chi connectivity index (χ1v) is 6.51. The van der Waals surface area contributed by atoms with E-state index in [0.717, 1.165) is 0 Å². The van der Waals surface area contributed by atoms with Crippen LogP contribution < -0.4 is 16.0 Å². The minimum atomic E-state index is -1.17. The van der Waals surface area contributed by atoms with E-state index in [1.54, 1.807) is 0 Å². The van der Waals surface area contributed by atoms with Crippen molar-refractivity contribution in [3.8, 4) is 0 Å². The predicted molar refractivity (Wildman–Crippen MR) is 71.8 cm³/mol. The van der Waals surface area contributed by atoms with E-state index in [9.17, 15) is 14.4 Å². The highest BCUT2D eigenvalue weighted by molar-refractivity contribution is 5.84. The molecule has 9 heteroatoms. The number of carbonyl (C=O) groups excluding carboxylic acids is 2. The van der Waals surface area contributed by atoms with Crippen molar-refractivity contribution in [2.24, 2.45) is 5.41 Å². The highest BCUT2D eigenvalue weighted by atomic mass is 16.5. The molecule has 120 valence electrons. The number of methoxy groups -OCH3 is 1. The molecule has 1 heterocycles. The van der Waals surface area contributed by atoms with E-state index < -0.39 is 23.5 Å². The maximum atomic E-state index is 11.7. The molecule has 1 rings (SSSR count). The molecular weight excluding hydrogens is 282 g/mol. The van der Waals surface area contributed by atoms with Crippen molar-refractivity contribution in [2.75, 3.05) is 40.0 Å². The van der Waals surface area contributed by atoms with Crippen molar-refractivity contribution in [3.05, 3.63) is 0 Å². The van der Waals surface area contributed by atoms with Crippen molar-refractivity contribution in [3.63, 3.8) is 0 Å². The van der Waals surface area contributed by atoms with Gasteiger partial charge in [0.2, 0.25) is 5.91 Å². The first-order valence-electron chi connectivity index (χ1n) is 6.51. The van der Waals surface area contributed by atoms with Gasteiger partial charge in [-0.1, -0.05) is 0 Å². The molecule has 4 N–H and O–H groups in total. The topological polar surface area (TPSA) is 126 Å². The highest BCUT2D eigenvalue weighted by Crippen LogP contribution is 2.28. The zero-order valence-electron chi connectivity index (χ0n) is 12.1. The number of amides is 3. The molecule has 0 spiro atoms. The largest absolute Gasteiger partial charge is 0.481 e. The lowest BCUT2D eigenvalue weighted by Crippen LogP contribution is -2.53. The van der Waals surface area contributed by atoms with E-state index >= 15 is 0 Å². The standard InChI is InChI=1S/C12H21N3O6/c1-12(10(17)18)7-21-6-8(12)15-11(19)14-5-9(16)13-3-4-20-2/h8H,3-7H2,1-2H3,(H,13,16)(H,17,18)(H2,14,15,19). The third-order valence-electron chi connectivity index (χ3n) is 3.29. The minimum absolute atomic E-state index is 0.0325. The van der Waals surface area contributed by atoms with Crippen LogP contribution in [-0.4, -0.2) is 69.1 Å². The minimum Gasteiger partial charge on any atom is -0.481 e. The number of ether oxygens (including phenoxy) is 2. The molecule has 0 saturated carbocycles. The molecule has 0 radical (unpaired) electrons. The fourth-order valence-corrected chi connectivity index (χ4v) is 1.81. The van der Waals surface area contributed by atoms with Crippen LogP contribution in [0.3, 0.4) is 0 Å². The van der Waals surface area contributed by atoms with Gasteiger partial charge in [-0.05, 0) is 6.92 Å². The number of nitrogens with one attached hydrogen (secondary N) is 3. The number of hydrogen-bond donors (Lipinski definition) is 4. The van der Waals surface area contributed by atoms with Gasteiger partial charge in [0.1, 0.15) is 5.41 Å². The third kappa shape index (κ3) is 4.87. The molecule has 21 heavy (non-hydrogen) atoms. The summed E-state index contributed by atoms with van der Waals surface area (Å²) in [4.78, 5) is 34.2. The summed E-state index contributed by atoms with van der Waals surface area (Å²) in [5, 5.41) is 16.6. The van der Waals surface area contributed by atoms with Crippen molar-refractivity contribution in [1.82, 2.24) is 16.0 Å². The Balaban J connectivity index is 2.33. The maximum absolute atomic E-state index is 11.7. The van der Waals surface area contributed by atoms with Crippen LogP contribution in [0.2, 0.25) is 0 Å². The number of carboxylic acids is 1. The second kappa shape index (κ2) is 7.79. The summed E-state index contributed by atoms with van der Waals surface area (Å²) in [5.74, 6) is -1.39. The molecule has 1 aliphatic heterocycles. The molecule has 0 aromatic heterocycles. The maximum Gasteiger partial charge on any atom is 0.315 e. The van der Waals surface area contributed by atoms with Gasteiger partial charge in [0.25, 0.3) is 0 Å². The average Bonchev–Trinajstić information content (AvgIpc) is 2.79. The van der Waals surface area contributed by atoms with Crippen LogP contribution in [-0.2, 0) is 19.1 Å². The van der Waals surface area contributed by atoms with Crippen LogP contribution in [0.15, 0.2) is 0 Å². The summed E-state index contributed by atoms with van der Waals surface area (Å²) < 4.78 is 9.88. The SMILES string of the molecule is COCCNC(=O)CNC(=O)NC1COCC1(C)C(=O)O. The average molecular weight is 303 g/mol. The van der Waals surface area contributed by atoms with Crippen molar-refractivity contribution < 1.29 is 29.0 Å². The van der Waals surface area contributed by atoms with Gasteiger partial charge in [-0.3, -0.25) is 9.59 Å². The predicted octanol–water partition coefficient (Wildman–Crippen LogP) is -1.46. The summed E-state index contributed by atoms with van der Waals surface area (Å²) >= 11 is 0. The summed E-state index contributed by atoms with van der Waals surface area (Å²) in [6.45, 7) is 2.19. The van der Waals surface area contributed by atoms with Crippen molar-refractivity contribution in [1.29, 1.82) is 0 Å². The number of carboxylic acid groups (broad SMARTS) is 1. The number of urea groups is 1. The normalized spacial score (nSPS) is 24.4. The number of carbonyl (C=O) groups is 3. The van der Waals surface area contributed by atoms with Crippen LogP contribution in [0.25, 0.3) is 0 Å². The Labute approximate surface area is 122 Å². The van der Waals surface area contributed by atoms with E-state index in [2.05, 4.69) is 16.0 Å². The molecule has 1 fully saturated rings. The second-order valence-electron chi connectivity index (χ2n) is 4.96. The molecule has 2 unspecified atom stereocenters. The smallest absolute Gasteiger partial charge is 0.315 e. The molecule has 0 aromatic carbocycles. The molecule has 0 aromatic rings. The number of hydrogen-bond acceptors (Lipinski definition) is 5. The van der Waals surface area contributed by atoms with Crippen LogP contribution in [0, 0.1) is 5.41 Å². The van der Waals surface area contributed by atoms with Gasteiger partial charge < -0.3 is 30.5 Å². The molecule has 1 aliphatic rings. The van der Waals surface area contributed by atoms with Crippen LogP contribution in [0.4, 0.5) is 4.79 Å². The van der Waals surface area contributed by atoms with Gasteiger partial charge in [-0.2, -0.15) is 0 Å². The van der Waals surface area contributed by atoms with Gasteiger partial charge in [0, 0.05) is 13.7 Å². The zero-order chi connectivity index (χ0) is 15.9. The van der Waals surface area contributed by atoms with Crippen molar-refractivity contribution in [2.45, 2.75) is 13.0 Å². The van der Waals surface area contributed by atoms with E-state index in [4.69, 9.17) is 14.6 Å². The molecule has 0 aliphatic carbocycles. The molecular formula is C12H21N3O6. The van der Waals surface area contributed by atoms with Crippen LogP contribution in [0.1, 0.15) is 6.92 Å². The molecule has 9 nitrogen and oxygen atoms in total. The van der Waals surface area contributed by atoms with Gasteiger partial charge in [-0.15, -0.1) is 0 Å². The third-order valence-corrected chi connectivity index (χ3v) is 3.29. The molecule has 2 atom stereocenters. The lowest BCUT2D eigenvalue weighted by atomic mass is 9.85. The quantitative estimate of drug-likeness (QED) is 0.426. The van der Waals surface area contributed by atoms with Crippen LogP contribution in [0.5, 0.6) is 0 Å². The molecule has 0 bridgehead atoms. The Kier molecular flexibility index (Phi) is 6.38. The van der Waals surface area contributed by atoms with Crippen LogP contribution >= 0.6 is 0 Å². The Morgan fingerprint density at radius 1 is 1.38 bits per heavy atom. The Hall–Kier alpha value is -1.87. The van der Waals surface area contributed by atoms with Gasteiger partial charge in [-0.25, -0.2) is 4.79 Å². The number of rotatable bonds is 7. The summed E-state index contributed by atoms with van der Waals surface area (Å²) in [7, 11) is 1.51. The summed E-state index contributed by atoms with van der Waals surface area (Å²) in [5.41, 5.74) is -1.17.